The smallest absolute Gasteiger partial charge is 0.322 e. The summed E-state index contributed by atoms with van der Waals surface area (Å²) in [5.41, 5.74) is 0.554. The van der Waals surface area contributed by atoms with E-state index in [1.165, 1.54) is 30.2 Å². The number of rotatable bonds is 5. The Morgan fingerprint density at radius 1 is 1.17 bits per heavy atom. The number of urea groups is 1. The van der Waals surface area contributed by atoms with Gasteiger partial charge in [0.05, 0.1) is 13.7 Å². The normalized spacial score (nSPS) is 20.8. The van der Waals surface area contributed by atoms with Crippen LogP contribution in [0, 0.1) is 5.82 Å². The molecule has 4 rings (SSSR count). The van der Waals surface area contributed by atoms with Gasteiger partial charge in [-0.1, -0.05) is 24.3 Å². The molecule has 0 unspecified atom stereocenters. The Morgan fingerprint density at radius 2 is 1.93 bits per heavy atom. The standard InChI is InChI=1S/C21H18FN3O4/c1-29-16-7-4-14-11-25(18(26)17(14)10-16)12-21(19(27)23-20(28)24-21)9-8-13-2-5-15(22)6-3-13/h2-10H,11-12H2,1H3,(H2,23,24,27,28)/b9-8-/t21-/m1/s1. The van der Waals surface area contributed by atoms with Crippen LogP contribution in [0.4, 0.5) is 9.18 Å². The van der Waals surface area contributed by atoms with Crippen molar-refractivity contribution < 1.29 is 23.5 Å². The van der Waals surface area contributed by atoms with Crippen LogP contribution in [0.3, 0.4) is 0 Å². The van der Waals surface area contributed by atoms with E-state index < -0.39 is 17.5 Å². The average Bonchev–Trinajstić information content (AvgIpc) is 3.16. The molecule has 0 bridgehead atoms. The van der Waals surface area contributed by atoms with Crippen molar-refractivity contribution in [1.82, 2.24) is 15.5 Å². The summed E-state index contributed by atoms with van der Waals surface area (Å²) in [6.07, 6.45) is 3.14. The molecule has 0 spiro atoms. The highest BCUT2D eigenvalue weighted by molar-refractivity contribution is 6.09. The van der Waals surface area contributed by atoms with Crippen LogP contribution in [0.5, 0.6) is 5.75 Å². The van der Waals surface area contributed by atoms with E-state index in [1.807, 2.05) is 0 Å². The van der Waals surface area contributed by atoms with Gasteiger partial charge < -0.3 is 15.0 Å². The van der Waals surface area contributed by atoms with Crippen LogP contribution in [0.2, 0.25) is 0 Å². The van der Waals surface area contributed by atoms with Gasteiger partial charge in [0.25, 0.3) is 11.8 Å². The van der Waals surface area contributed by atoms with Crippen LogP contribution in [0.25, 0.3) is 6.08 Å². The fourth-order valence-electron chi connectivity index (χ4n) is 3.50. The fraction of sp³-hybridized carbons (Fsp3) is 0.190. The molecule has 2 aliphatic rings. The van der Waals surface area contributed by atoms with Crippen LogP contribution in [0.15, 0.2) is 48.5 Å². The molecule has 2 aromatic carbocycles. The zero-order chi connectivity index (χ0) is 20.6. The Hall–Kier alpha value is -3.68. The summed E-state index contributed by atoms with van der Waals surface area (Å²) in [6.45, 7) is 0.269. The number of hydrogen-bond acceptors (Lipinski definition) is 4. The number of carbonyl (C=O) groups excluding carboxylic acids is 3. The molecule has 0 saturated carbocycles. The largest absolute Gasteiger partial charge is 0.497 e. The van der Waals surface area contributed by atoms with E-state index >= 15 is 0 Å². The quantitative estimate of drug-likeness (QED) is 0.759. The van der Waals surface area contributed by atoms with Gasteiger partial charge in [-0.15, -0.1) is 0 Å². The van der Waals surface area contributed by atoms with Crippen LogP contribution >= 0.6 is 0 Å². The first-order valence-corrected chi connectivity index (χ1v) is 8.95. The van der Waals surface area contributed by atoms with E-state index in [1.54, 1.807) is 36.4 Å². The molecule has 2 aromatic rings. The van der Waals surface area contributed by atoms with E-state index in [9.17, 15) is 18.8 Å². The minimum Gasteiger partial charge on any atom is -0.497 e. The van der Waals surface area contributed by atoms with E-state index in [4.69, 9.17) is 4.74 Å². The Labute approximate surface area is 166 Å². The van der Waals surface area contributed by atoms with Gasteiger partial charge in [0.2, 0.25) is 0 Å². The molecular formula is C21H18FN3O4. The van der Waals surface area contributed by atoms with Crippen LogP contribution < -0.4 is 15.4 Å². The van der Waals surface area contributed by atoms with Gasteiger partial charge in [-0.05, 0) is 41.5 Å². The van der Waals surface area contributed by atoms with Crippen molar-refractivity contribution in [2.24, 2.45) is 0 Å². The van der Waals surface area contributed by atoms with E-state index in [-0.39, 0.29) is 18.3 Å². The van der Waals surface area contributed by atoms with Gasteiger partial charge in [-0.3, -0.25) is 14.9 Å². The number of amides is 4. The van der Waals surface area contributed by atoms with Crippen molar-refractivity contribution in [3.63, 3.8) is 0 Å². The molecule has 1 saturated heterocycles. The molecule has 0 radical (unpaired) electrons. The molecule has 2 heterocycles. The number of ether oxygens (including phenoxy) is 1. The van der Waals surface area contributed by atoms with Gasteiger partial charge in [0.15, 0.2) is 5.54 Å². The molecule has 148 valence electrons. The SMILES string of the molecule is COc1ccc2c(c1)C(=O)N(C[C@@]1(/C=C\c3ccc(F)cc3)NC(=O)NC1=O)C2. The summed E-state index contributed by atoms with van der Waals surface area (Å²) in [6, 6.07) is 10.3. The Kier molecular flexibility index (Phi) is 4.54. The first-order chi connectivity index (χ1) is 13.9. The molecule has 1 atom stereocenters. The number of halogens is 1. The number of nitrogens with one attached hydrogen (secondary N) is 2. The molecule has 0 aromatic heterocycles. The minimum atomic E-state index is -1.42. The van der Waals surface area contributed by atoms with E-state index in [2.05, 4.69) is 10.6 Å². The summed E-state index contributed by atoms with van der Waals surface area (Å²) in [4.78, 5) is 38.8. The van der Waals surface area contributed by atoms with Crippen molar-refractivity contribution in [3.05, 3.63) is 71.0 Å². The third kappa shape index (κ3) is 3.44. The summed E-state index contributed by atoms with van der Waals surface area (Å²) in [5.74, 6) is -0.610. The molecule has 29 heavy (non-hydrogen) atoms. The number of nitrogens with zero attached hydrogens (tertiary/aromatic N) is 1. The van der Waals surface area contributed by atoms with Crippen molar-refractivity contribution in [2.45, 2.75) is 12.1 Å². The third-order valence-electron chi connectivity index (χ3n) is 5.04. The average molecular weight is 395 g/mol. The summed E-state index contributed by atoms with van der Waals surface area (Å²) < 4.78 is 18.3. The second-order valence-corrected chi connectivity index (χ2v) is 6.95. The van der Waals surface area contributed by atoms with Crippen molar-refractivity contribution in [1.29, 1.82) is 0 Å². The lowest BCUT2D eigenvalue weighted by Crippen LogP contribution is -2.53. The Morgan fingerprint density at radius 3 is 2.59 bits per heavy atom. The fourth-order valence-corrected chi connectivity index (χ4v) is 3.50. The minimum absolute atomic E-state index is 0.0436. The summed E-state index contributed by atoms with van der Waals surface area (Å²) in [5, 5.41) is 4.84. The van der Waals surface area contributed by atoms with E-state index in [0.717, 1.165) is 5.56 Å². The van der Waals surface area contributed by atoms with E-state index in [0.29, 0.717) is 23.4 Å². The number of fused-ring (bicyclic) bond motifs is 1. The highest BCUT2D eigenvalue weighted by Gasteiger charge is 2.47. The monoisotopic (exact) mass is 395 g/mol. The second kappa shape index (κ2) is 7.05. The highest BCUT2D eigenvalue weighted by atomic mass is 19.1. The predicted molar refractivity (Wildman–Crippen MR) is 103 cm³/mol. The Bertz CT molecular complexity index is 1030. The van der Waals surface area contributed by atoms with Gasteiger partial charge in [-0.25, -0.2) is 9.18 Å². The first-order valence-electron chi connectivity index (χ1n) is 8.95. The van der Waals surface area contributed by atoms with Gasteiger partial charge in [0, 0.05) is 12.1 Å². The maximum absolute atomic E-state index is 13.1. The molecule has 1 fully saturated rings. The molecule has 2 N–H and O–H groups in total. The topological polar surface area (TPSA) is 87.7 Å². The number of benzene rings is 2. The number of hydrogen-bond donors (Lipinski definition) is 2. The molecule has 2 aliphatic heterocycles. The lowest BCUT2D eigenvalue weighted by Gasteiger charge is -2.28. The summed E-state index contributed by atoms with van der Waals surface area (Å²) >= 11 is 0. The van der Waals surface area contributed by atoms with Crippen LogP contribution in [-0.4, -0.2) is 41.9 Å². The number of methoxy groups -OCH3 is 1. The van der Waals surface area contributed by atoms with Gasteiger partial charge in [-0.2, -0.15) is 0 Å². The molecule has 0 aliphatic carbocycles. The van der Waals surface area contributed by atoms with Crippen molar-refractivity contribution in [3.8, 4) is 5.75 Å². The molecular weight excluding hydrogens is 377 g/mol. The highest BCUT2D eigenvalue weighted by Crippen LogP contribution is 2.29. The predicted octanol–water partition coefficient (Wildman–Crippen LogP) is 2.08. The number of imide groups is 1. The zero-order valence-corrected chi connectivity index (χ0v) is 15.6. The summed E-state index contributed by atoms with van der Waals surface area (Å²) in [7, 11) is 1.52. The second-order valence-electron chi connectivity index (χ2n) is 6.95. The van der Waals surface area contributed by atoms with Crippen molar-refractivity contribution >= 4 is 23.9 Å². The molecule has 7 nitrogen and oxygen atoms in total. The molecule has 8 heteroatoms. The lowest BCUT2D eigenvalue weighted by molar-refractivity contribution is -0.122. The maximum Gasteiger partial charge on any atom is 0.322 e. The third-order valence-corrected chi connectivity index (χ3v) is 5.04. The maximum atomic E-state index is 13.1. The van der Waals surface area contributed by atoms with Gasteiger partial charge >= 0.3 is 6.03 Å². The zero-order valence-electron chi connectivity index (χ0n) is 15.6. The molecule has 4 amide bonds. The lowest BCUT2D eigenvalue weighted by atomic mass is 9.97. The van der Waals surface area contributed by atoms with Crippen LogP contribution in [0.1, 0.15) is 21.5 Å². The van der Waals surface area contributed by atoms with Crippen molar-refractivity contribution in [2.75, 3.05) is 13.7 Å². The van der Waals surface area contributed by atoms with Crippen LogP contribution in [-0.2, 0) is 11.3 Å². The van der Waals surface area contributed by atoms with Gasteiger partial charge in [0.1, 0.15) is 11.6 Å². The first kappa shape index (κ1) is 18.7. The number of carbonyl (C=O) groups is 3. The Balaban J connectivity index is 1.62.